The number of hydrogen-bond donors (Lipinski definition) is 3. The van der Waals surface area contributed by atoms with E-state index in [0.29, 0.717) is 11.3 Å². The summed E-state index contributed by atoms with van der Waals surface area (Å²) in [7, 11) is -2.30. The van der Waals surface area contributed by atoms with Crippen LogP contribution in [-0.2, 0) is 16.6 Å². The number of hydrogen-bond acceptors (Lipinski definition) is 4. The molecule has 0 aliphatic carbocycles. The molecule has 8 heteroatoms. The minimum Gasteiger partial charge on any atom is -0.496 e. The van der Waals surface area contributed by atoms with Gasteiger partial charge in [0.15, 0.2) is 0 Å². The number of sulfonamides is 1. The molecule has 2 aromatic rings. The van der Waals surface area contributed by atoms with E-state index in [-0.39, 0.29) is 17.1 Å². The number of methoxy groups -OCH3 is 1. The third-order valence-electron chi connectivity index (χ3n) is 2.84. The van der Waals surface area contributed by atoms with Gasteiger partial charge in [0.25, 0.3) is 0 Å². The van der Waals surface area contributed by atoms with E-state index in [1.54, 1.807) is 24.3 Å². The molecule has 0 radical (unpaired) electrons. The van der Waals surface area contributed by atoms with Crippen LogP contribution in [0, 0.1) is 0 Å². The number of aromatic nitrogens is 1. The summed E-state index contributed by atoms with van der Waals surface area (Å²) in [6.07, 6.45) is 1.13. The molecule has 0 spiro atoms. The molecule has 0 saturated carbocycles. The third kappa shape index (κ3) is 3.41. The van der Waals surface area contributed by atoms with Gasteiger partial charge in [0, 0.05) is 18.3 Å². The Kier molecular flexibility index (Phi) is 4.29. The third-order valence-corrected chi connectivity index (χ3v) is 4.22. The zero-order chi connectivity index (χ0) is 15.5. The van der Waals surface area contributed by atoms with E-state index in [0.717, 1.165) is 12.3 Å². The monoisotopic (exact) mass is 310 g/mol. The molecule has 0 fully saturated rings. The molecule has 1 aromatic carbocycles. The molecule has 2 rings (SSSR count). The van der Waals surface area contributed by atoms with Gasteiger partial charge in [-0.1, -0.05) is 18.2 Å². The van der Waals surface area contributed by atoms with Crippen molar-refractivity contribution in [2.45, 2.75) is 11.4 Å². The molecular formula is C13H14N2O5S. The maximum atomic E-state index is 12.1. The Balaban J connectivity index is 2.16. The number of carbonyl (C=O) groups is 1. The quantitative estimate of drug-likeness (QED) is 0.743. The Labute approximate surface area is 121 Å². The van der Waals surface area contributed by atoms with Crippen LogP contribution >= 0.6 is 0 Å². The molecule has 1 heterocycles. The number of carboxylic acids is 1. The van der Waals surface area contributed by atoms with Gasteiger partial charge in [0.05, 0.1) is 7.11 Å². The number of carboxylic acid groups (broad SMARTS) is 1. The number of rotatable bonds is 6. The lowest BCUT2D eigenvalue weighted by atomic mass is 10.2. The molecule has 112 valence electrons. The fourth-order valence-electron chi connectivity index (χ4n) is 1.76. The first kappa shape index (κ1) is 15.1. The number of aromatic carboxylic acids is 1. The average Bonchev–Trinajstić information content (AvgIpc) is 2.96. The topological polar surface area (TPSA) is 108 Å². The lowest BCUT2D eigenvalue weighted by Gasteiger charge is -2.09. The van der Waals surface area contributed by atoms with Gasteiger partial charge in [0.1, 0.15) is 16.3 Å². The maximum Gasteiger partial charge on any atom is 0.352 e. The van der Waals surface area contributed by atoms with Crippen molar-refractivity contribution in [2.75, 3.05) is 7.11 Å². The first-order valence-electron chi connectivity index (χ1n) is 5.97. The molecule has 0 aliphatic heterocycles. The number of benzene rings is 1. The van der Waals surface area contributed by atoms with Crippen molar-refractivity contribution in [3.8, 4) is 5.75 Å². The minimum absolute atomic E-state index is 0.0416. The van der Waals surface area contributed by atoms with Gasteiger partial charge >= 0.3 is 5.97 Å². The van der Waals surface area contributed by atoms with Gasteiger partial charge < -0.3 is 14.8 Å². The second-order valence-corrected chi connectivity index (χ2v) is 5.96. The first-order chi connectivity index (χ1) is 9.94. The molecule has 0 saturated heterocycles. The molecular weight excluding hydrogens is 296 g/mol. The SMILES string of the molecule is COc1ccccc1CNS(=O)(=O)c1c[nH]c(C(=O)O)c1. The first-order valence-corrected chi connectivity index (χ1v) is 7.45. The standard InChI is InChI=1S/C13H14N2O5S/c1-20-12-5-3-2-4-9(12)7-15-21(18,19)10-6-11(13(16)17)14-8-10/h2-6,8,14-15H,7H2,1H3,(H,16,17). The summed E-state index contributed by atoms with van der Waals surface area (Å²) in [5.74, 6) is -0.651. The largest absolute Gasteiger partial charge is 0.496 e. The minimum atomic E-state index is -3.80. The van der Waals surface area contributed by atoms with Gasteiger partial charge in [-0.05, 0) is 12.1 Å². The smallest absolute Gasteiger partial charge is 0.352 e. The van der Waals surface area contributed by atoms with Crippen LogP contribution in [0.15, 0.2) is 41.4 Å². The molecule has 3 N–H and O–H groups in total. The Morgan fingerprint density at radius 3 is 2.71 bits per heavy atom. The van der Waals surface area contributed by atoms with Crippen LogP contribution in [0.3, 0.4) is 0 Å². The van der Waals surface area contributed by atoms with Crippen molar-refractivity contribution in [3.63, 3.8) is 0 Å². The van der Waals surface area contributed by atoms with Crippen LogP contribution in [-0.4, -0.2) is 31.6 Å². The maximum absolute atomic E-state index is 12.1. The summed E-state index contributed by atoms with van der Waals surface area (Å²) in [6, 6.07) is 8.07. The van der Waals surface area contributed by atoms with Crippen LogP contribution in [0.25, 0.3) is 0 Å². The molecule has 7 nitrogen and oxygen atoms in total. The van der Waals surface area contributed by atoms with Gasteiger partial charge in [-0.2, -0.15) is 0 Å². The Morgan fingerprint density at radius 1 is 1.38 bits per heavy atom. The van der Waals surface area contributed by atoms with Crippen molar-refractivity contribution in [1.29, 1.82) is 0 Å². The summed E-state index contributed by atoms with van der Waals surface area (Å²) in [5, 5.41) is 8.78. The number of para-hydroxylation sites is 1. The van der Waals surface area contributed by atoms with Crippen LogP contribution in [0.2, 0.25) is 0 Å². The van der Waals surface area contributed by atoms with E-state index >= 15 is 0 Å². The lowest BCUT2D eigenvalue weighted by Crippen LogP contribution is -2.23. The van der Waals surface area contributed by atoms with Gasteiger partial charge in [-0.15, -0.1) is 0 Å². The van der Waals surface area contributed by atoms with E-state index in [1.165, 1.54) is 7.11 Å². The van der Waals surface area contributed by atoms with Crippen molar-refractivity contribution < 1.29 is 23.1 Å². The molecule has 0 aliphatic rings. The molecule has 21 heavy (non-hydrogen) atoms. The average molecular weight is 310 g/mol. The van der Waals surface area contributed by atoms with Gasteiger partial charge in [-0.25, -0.2) is 17.9 Å². The Bertz CT molecular complexity index is 751. The predicted molar refractivity (Wildman–Crippen MR) is 74.8 cm³/mol. The van der Waals surface area contributed by atoms with E-state index in [2.05, 4.69) is 9.71 Å². The van der Waals surface area contributed by atoms with E-state index in [1.807, 2.05) is 0 Å². The predicted octanol–water partition coefficient (Wildman–Crippen LogP) is 1.20. The van der Waals surface area contributed by atoms with Crippen LogP contribution in [0.4, 0.5) is 0 Å². The Hall–Kier alpha value is -2.32. The van der Waals surface area contributed by atoms with Gasteiger partial charge in [-0.3, -0.25) is 0 Å². The molecule has 0 bridgehead atoms. The highest BCUT2D eigenvalue weighted by Crippen LogP contribution is 2.18. The second-order valence-electron chi connectivity index (χ2n) is 4.19. The highest BCUT2D eigenvalue weighted by molar-refractivity contribution is 7.89. The highest BCUT2D eigenvalue weighted by Gasteiger charge is 2.18. The Morgan fingerprint density at radius 2 is 2.10 bits per heavy atom. The normalized spacial score (nSPS) is 11.3. The van der Waals surface area contributed by atoms with Crippen molar-refractivity contribution >= 4 is 16.0 Å². The number of ether oxygens (including phenoxy) is 1. The number of nitrogens with one attached hydrogen (secondary N) is 2. The van der Waals surface area contributed by atoms with Gasteiger partial charge in [0.2, 0.25) is 10.0 Å². The zero-order valence-electron chi connectivity index (χ0n) is 11.2. The number of H-pyrrole nitrogens is 1. The molecule has 0 unspecified atom stereocenters. The van der Waals surface area contributed by atoms with Crippen molar-refractivity contribution in [1.82, 2.24) is 9.71 Å². The summed E-state index contributed by atoms with van der Waals surface area (Å²) >= 11 is 0. The van der Waals surface area contributed by atoms with Crippen LogP contribution in [0.5, 0.6) is 5.75 Å². The summed E-state index contributed by atoms with van der Waals surface area (Å²) in [6.45, 7) is 0.0416. The molecule has 1 aromatic heterocycles. The van der Waals surface area contributed by atoms with E-state index in [9.17, 15) is 13.2 Å². The second kappa shape index (κ2) is 5.98. The summed E-state index contributed by atoms with van der Waals surface area (Å²) in [4.78, 5) is 13.0. The summed E-state index contributed by atoms with van der Waals surface area (Å²) < 4.78 is 31.7. The lowest BCUT2D eigenvalue weighted by molar-refractivity contribution is 0.0691. The number of aromatic amines is 1. The molecule has 0 amide bonds. The fraction of sp³-hybridized carbons (Fsp3) is 0.154. The van der Waals surface area contributed by atoms with Crippen LogP contribution in [0.1, 0.15) is 16.1 Å². The molecule has 0 atom stereocenters. The van der Waals surface area contributed by atoms with E-state index < -0.39 is 16.0 Å². The summed E-state index contributed by atoms with van der Waals surface area (Å²) in [5.41, 5.74) is 0.491. The fourth-order valence-corrected chi connectivity index (χ4v) is 2.76. The van der Waals surface area contributed by atoms with Crippen molar-refractivity contribution in [2.24, 2.45) is 0 Å². The highest BCUT2D eigenvalue weighted by atomic mass is 32.2. The van der Waals surface area contributed by atoms with Crippen molar-refractivity contribution in [3.05, 3.63) is 47.8 Å². The van der Waals surface area contributed by atoms with Crippen LogP contribution < -0.4 is 9.46 Å². The van der Waals surface area contributed by atoms with E-state index in [4.69, 9.17) is 9.84 Å². The zero-order valence-corrected chi connectivity index (χ0v) is 12.0.